The monoisotopic (exact) mass is 325 g/mol. The number of hydrogen-bond donors (Lipinski definition) is 1. The van der Waals surface area contributed by atoms with Gasteiger partial charge in [-0.05, 0) is 31.3 Å². The number of anilines is 1. The number of carbonyl (C=O) groups excluding carboxylic acids is 1. The van der Waals surface area contributed by atoms with Crippen molar-refractivity contribution in [2.75, 3.05) is 30.7 Å². The Morgan fingerprint density at radius 3 is 2.68 bits per heavy atom. The predicted molar refractivity (Wildman–Crippen MR) is 90.0 cm³/mol. The summed E-state index contributed by atoms with van der Waals surface area (Å²) in [6, 6.07) is 6.14. The van der Waals surface area contributed by atoms with Gasteiger partial charge in [0.05, 0.1) is 0 Å². The number of hydrogen-bond acceptors (Lipinski definition) is 5. The summed E-state index contributed by atoms with van der Waals surface area (Å²) in [4.78, 5) is 25.1. The molecule has 0 aliphatic heterocycles. The summed E-state index contributed by atoms with van der Waals surface area (Å²) in [7, 11) is 0. The Morgan fingerprint density at radius 1 is 1.41 bits per heavy atom. The molecule has 0 saturated carbocycles. The standard InChI is InChI=1S/C15H23N3O3S/c1-4-17(5-2)9-10-22-14-8-6-7-13(11-14)16-15(19)12(3)18(20)21/h6-8,11-12H,4-5,9-10H2,1-3H3,(H,16,19). The van der Waals surface area contributed by atoms with Crippen molar-refractivity contribution in [2.24, 2.45) is 0 Å². The highest BCUT2D eigenvalue weighted by molar-refractivity contribution is 7.99. The third kappa shape index (κ3) is 6.03. The molecule has 0 fully saturated rings. The molecule has 0 bridgehead atoms. The Labute approximate surface area is 135 Å². The molecular formula is C15H23N3O3S. The average molecular weight is 325 g/mol. The van der Waals surface area contributed by atoms with E-state index in [0.717, 1.165) is 30.3 Å². The van der Waals surface area contributed by atoms with E-state index in [-0.39, 0.29) is 0 Å². The molecule has 1 unspecified atom stereocenters. The van der Waals surface area contributed by atoms with Crippen molar-refractivity contribution in [1.29, 1.82) is 0 Å². The van der Waals surface area contributed by atoms with Crippen LogP contribution in [0.15, 0.2) is 29.2 Å². The van der Waals surface area contributed by atoms with Crippen molar-refractivity contribution in [2.45, 2.75) is 31.7 Å². The van der Waals surface area contributed by atoms with Crippen molar-refractivity contribution >= 4 is 23.4 Å². The SMILES string of the molecule is CCN(CC)CCSc1cccc(NC(=O)C(C)[N+](=O)[O-])c1. The van der Waals surface area contributed by atoms with Crippen LogP contribution in [0, 0.1) is 10.1 Å². The van der Waals surface area contributed by atoms with Gasteiger partial charge in [0.2, 0.25) is 0 Å². The second kappa shape index (κ2) is 9.42. The van der Waals surface area contributed by atoms with Crippen molar-refractivity contribution < 1.29 is 9.72 Å². The highest BCUT2D eigenvalue weighted by Gasteiger charge is 2.23. The minimum Gasteiger partial charge on any atom is -0.320 e. The lowest BCUT2D eigenvalue weighted by atomic mass is 10.3. The molecule has 0 spiro atoms. The number of benzene rings is 1. The van der Waals surface area contributed by atoms with Gasteiger partial charge in [0.1, 0.15) is 0 Å². The fourth-order valence-electron chi connectivity index (χ4n) is 1.84. The highest BCUT2D eigenvalue weighted by Crippen LogP contribution is 2.21. The molecular weight excluding hydrogens is 302 g/mol. The maximum Gasteiger partial charge on any atom is 0.298 e. The van der Waals surface area contributed by atoms with Crippen LogP contribution < -0.4 is 5.32 Å². The summed E-state index contributed by atoms with van der Waals surface area (Å²) in [5.41, 5.74) is 0.589. The van der Waals surface area contributed by atoms with Crippen LogP contribution in [-0.4, -0.2) is 47.2 Å². The molecule has 0 aromatic heterocycles. The number of nitro groups is 1. The van der Waals surface area contributed by atoms with Gasteiger partial charge < -0.3 is 10.2 Å². The first kappa shape index (κ1) is 18.4. The highest BCUT2D eigenvalue weighted by atomic mass is 32.2. The first-order valence-electron chi connectivity index (χ1n) is 7.37. The molecule has 0 saturated heterocycles. The Bertz CT molecular complexity index is 507. The molecule has 1 atom stereocenters. The normalized spacial score (nSPS) is 12.2. The number of nitrogens with one attached hydrogen (secondary N) is 1. The summed E-state index contributed by atoms with van der Waals surface area (Å²) in [5.74, 6) is 0.361. The molecule has 1 rings (SSSR count). The van der Waals surface area contributed by atoms with Gasteiger partial charge in [0, 0.05) is 34.7 Å². The molecule has 0 heterocycles. The van der Waals surface area contributed by atoms with Crippen LogP contribution in [0.3, 0.4) is 0 Å². The molecule has 1 aromatic rings. The third-order valence-electron chi connectivity index (χ3n) is 3.37. The molecule has 1 N–H and O–H groups in total. The Hall–Kier alpha value is -1.60. The fraction of sp³-hybridized carbons (Fsp3) is 0.533. The minimum atomic E-state index is -1.25. The molecule has 22 heavy (non-hydrogen) atoms. The molecule has 122 valence electrons. The van der Waals surface area contributed by atoms with Gasteiger partial charge in [-0.2, -0.15) is 0 Å². The van der Waals surface area contributed by atoms with E-state index < -0.39 is 16.9 Å². The summed E-state index contributed by atoms with van der Waals surface area (Å²) in [5, 5.41) is 13.2. The van der Waals surface area contributed by atoms with Gasteiger partial charge in [-0.15, -0.1) is 11.8 Å². The lowest BCUT2D eigenvalue weighted by Gasteiger charge is -2.17. The lowest BCUT2D eigenvalue weighted by Crippen LogP contribution is -2.31. The van der Waals surface area contributed by atoms with Gasteiger partial charge in [-0.3, -0.25) is 14.9 Å². The first-order chi connectivity index (χ1) is 10.5. The van der Waals surface area contributed by atoms with E-state index in [2.05, 4.69) is 24.1 Å². The second-order valence-electron chi connectivity index (χ2n) is 4.85. The van der Waals surface area contributed by atoms with Gasteiger partial charge in [0.15, 0.2) is 0 Å². The maximum atomic E-state index is 11.7. The van der Waals surface area contributed by atoms with E-state index in [4.69, 9.17) is 0 Å². The molecule has 0 aliphatic carbocycles. The summed E-state index contributed by atoms with van der Waals surface area (Å²) >= 11 is 1.71. The molecule has 0 radical (unpaired) electrons. The fourth-order valence-corrected chi connectivity index (χ4v) is 2.81. The smallest absolute Gasteiger partial charge is 0.298 e. The molecule has 1 aromatic carbocycles. The lowest BCUT2D eigenvalue weighted by molar-refractivity contribution is -0.502. The van der Waals surface area contributed by atoms with E-state index in [9.17, 15) is 14.9 Å². The number of carbonyl (C=O) groups is 1. The number of nitrogens with zero attached hydrogens (tertiary/aromatic N) is 2. The quantitative estimate of drug-likeness (QED) is 0.429. The Morgan fingerprint density at radius 2 is 2.09 bits per heavy atom. The predicted octanol–water partition coefficient (Wildman–Crippen LogP) is 2.72. The van der Waals surface area contributed by atoms with Crippen LogP contribution in [-0.2, 0) is 4.79 Å². The van der Waals surface area contributed by atoms with Gasteiger partial charge in [-0.25, -0.2) is 0 Å². The van der Waals surface area contributed by atoms with Crippen molar-refractivity contribution in [3.05, 3.63) is 34.4 Å². The average Bonchev–Trinajstić information content (AvgIpc) is 2.51. The van der Waals surface area contributed by atoms with Crippen LogP contribution >= 0.6 is 11.8 Å². The first-order valence-corrected chi connectivity index (χ1v) is 8.36. The number of thioether (sulfide) groups is 1. The van der Waals surface area contributed by atoms with Gasteiger partial charge >= 0.3 is 0 Å². The summed E-state index contributed by atoms with van der Waals surface area (Å²) in [6.07, 6.45) is 0. The topological polar surface area (TPSA) is 75.5 Å². The van der Waals surface area contributed by atoms with E-state index in [1.807, 2.05) is 18.2 Å². The third-order valence-corrected chi connectivity index (χ3v) is 4.34. The van der Waals surface area contributed by atoms with Crippen LogP contribution in [0.5, 0.6) is 0 Å². The van der Waals surface area contributed by atoms with E-state index in [0.29, 0.717) is 5.69 Å². The van der Waals surface area contributed by atoms with Crippen LogP contribution in [0.25, 0.3) is 0 Å². The van der Waals surface area contributed by atoms with Crippen LogP contribution in [0.2, 0.25) is 0 Å². The van der Waals surface area contributed by atoms with Crippen molar-refractivity contribution in [3.8, 4) is 0 Å². The number of rotatable bonds is 9. The zero-order valence-electron chi connectivity index (χ0n) is 13.2. The van der Waals surface area contributed by atoms with Gasteiger partial charge in [0.25, 0.3) is 11.9 Å². The molecule has 1 amide bonds. The second-order valence-corrected chi connectivity index (χ2v) is 6.02. The van der Waals surface area contributed by atoms with E-state index >= 15 is 0 Å². The Balaban J connectivity index is 2.55. The van der Waals surface area contributed by atoms with E-state index in [1.54, 1.807) is 17.8 Å². The maximum absolute atomic E-state index is 11.7. The van der Waals surface area contributed by atoms with Crippen molar-refractivity contribution in [1.82, 2.24) is 4.90 Å². The van der Waals surface area contributed by atoms with Gasteiger partial charge in [-0.1, -0.05) is 19.9 Å². The molecule has 6 nitrogen and oxygen atoms in total. The zero-order chi connectivity index (χ0) is 16.5. The number of amides is 1. The largest absolute Gasteiger partial charge is 0.320 e. The van der Waals surface area contributed by atoms with E-state index in [1.165, 1.54) is 6.92 Å². The van der Waals surface area contributed by atoms with Crippen molar-refractivity contribution in [3.63, 3.8) is 0 Å². The molecule has 0 aliphatic rings. The Kier molecular flexibility index (Phi) is 7.90. The van der Waals surface area contributed by atoms with Crippen LogP contribution in [0.1, 0.15) is 20.8 Å². The minimum absolute atomic E-state index is 0.589. The summed E-state index contributed by atoms with van der Waals surface area (Å²) < 4.78 is 0. The summed E-state index contributed by atoms with van der Waals surface area (Å²) in [6.45, 7) is 8.63. The molecule has 7 heteroatoms. The van der Waals surface area contributed by atoms with Crippen LogP contribution in [0.4, 0.5) is 5.69 Å². The zero-order valence-corrected chi connectivity index (χ0v) is 14.1.